The number of amides is 1. The number of hydrogen-bond donors (Lipinski definition) is 0. The molecule has 1 atom stereocenters. The Morgan fingerprint density at radius 2 is 1.54 bits per heavy atom. The zero-order valence-corrected chi connectivity index (χ0v) is 14.2. The predicted molar refractivity (Wildman–Crippen MR) is 93.2 cm³/mol. The lowest BCUT2D eigenvalue weighted by molar-refractivity contribution is 0.0708. The normalized spacial score (nSPS) is 24.5. The third-order valence-electron chi connectivity index (χ3n) is 5.67. The molecule has 2 saturated heterocycles. The largest absolute Gasteiger partial charge is 0.334 e. The maximum absolute atomic E-state index is 12.9. The Labute approximate surface area is 143 Å². The third kappa shape index (κ3) is 3.25. The van der Waals surface area contributed by atoms with E-state index in [1.165, 1.54) is 25.9 Å². The van der Waals surface area contributed by atoms with E-state index in [9.17, 15) is 9.59 Å². The number of rotatable bonds is 5. The molecule has 0 radical (unpaired) electrons. The van der Waals surface area contributed by atoms with Gasteiger partial charge in [0.25, 0.3) is 5.91 Å². The van der Waals surface area contributed by atoms with E-state index >= 15 is 0 Å². The van der Waals surface area contributed by atoms with Gasteiger partial charge in [0.1, 0.15) is 0 Å². The first-order valence-corrected chi connectivity index (χ1v) is 9.40. The fraction of sp³-hybridized carbons (Fsp3) is 0.600. The molecule has 1 saturated carbocycles. The van der Waals surface area contributed by atoms with Crippen LogP contribution < -0.4 is 0 Å². The summed E-state index contributed by atoms with van der Waals surface area (Å²) in [7, 11) is 0. The molecule has 0 spiro atoms. The molecule has 0 unspecified atom stereocenters. The summed E-state index contributed by atoms with van der Waals surface area (Å²) in [4.78, 5) is 29.5. The highest BCUT2D eigenvalue weighted by Crippen LogP contribution is 2.32. The summed E-state index contributed by atoms with van der Waals surface area (Å²) in [5, 5.41) is 0. The molecule has 1 aromatic rings. The first kappa shape index (κ1) is 15.8. The van der Waals surface area contributed by atoms with Crippen molar-refractivity contribution in [3.05, 3.63) is 35.4 Å². The van der Waals surface area contributed by atoms with Crippen LogP contribution in [0.25, 0.3) is 0 Å². The van der Waals surface area contributed by atoms with Crippen LogP contribution in [-0.4, -0.2) is 53.7 Å². The topological polar surface area (TPSA) is 40.6 Å². The van der Waals surface area contributed by atoms with Gasteiger partial charge in [0.2, 0.25) is 0 Å². The van der Waals surface area contributed by atoms with Crippen molar-refractivity contribution in [1.29, 1.82) is 0 Å². The Morgan fingerprint density at radius 3 is 2.21 bits per heavy atom. The van der Waals surface area contributed by atoms with Gasteiger partial charge in [-0.05, 0) is 63.7 Å². The van der Waals surface area contributed by atoms with Gasteiger partial charge in [-0.15, -0.1) is 0 Å². The number of benzene rings is 1. The summed E-state index contributed by atoms with van der Waals surface area (Å²) >= 11 is 0. The lowest BCUT2D eigenvalue weighted by atomic mass is 10.0. The van der Waals surface area contributed by atoms with Gasteiger partial charge in [0, 0.05) is 36.2 Å². The predicted octanol–water partition coefficient (Wildman–Crippen LogP) is 2.98. The standard InChI is InChI=1S/C20H26N2O2/c23-19(15-5-6-15)16-7-9-17(10-8-16)20(24)22-13-3-4-18(22)14-21-11-1-2-12-21/h7-10,15,18H,1-6,11-14H2/t18-/m0/s1. The van der Waals surface area contributed by atoms with Gasteiger partial charge in [-0.3, -0.25) is 9.59 Å². The lowest BCUT2D eigenvalue weighted by Crippen LogP contribution is -2.42. The summed E-state index contributed by atoms with van der Waals surface area (Å²) in [5.41, 5.74) is 1.47. The van der Waals surface area contributed by atoms with Crippen molar-refractivity contribution in [3.63, 3.8) is 0 Å². The lowest BCUT2D eigenvalue weighted by Gasteiger charge is -2.28. The zero-order chi connectivity index (χ0) is 16.5. The van der Waals surface area contributed by atoms with Gasteiger partial charge >= 0.3 is 0 Å². The average molecular weight is 326 g/mol. The second-order valence-corrected chi connectivity index (χ2v) is 7.52. The van der Waals surface area contributed by atoms with Crippen LogP contribution in [0.4, 0.5) is 0 Å². The Hall–Kier alpha value is -1.68. The highest BCUT2D eigenvalue weighted by Gasteiger charge is 2.32. The average Bonchev–Trinajstić information content (AvgIpc) is 3.14. The molecule has 1 aromatic carbocycles. The first-order valence-electron chi connectivity index (χ1n) is 9.40. The summed E-state index contributed by atoms with van der Waals surface area (Å²) in [6.45, 7) is 4.23. The fourth-order valence-corrected chi connectivity index (χ4v) is 4.08. The van der Waals surface area contributed by atoms with Crippen LogP contribution in [0.5, 0.6) is 0 Å². The molecule has 4 rings (SSSR count). The SMILES string of the molecule is O=C(c1ccc(C(=O)N2CCC[C@H]2CN2CCCC2)cc1)C1CC1. The van der Waals surface area contributed by atoms with Crippen LogP contribution in [-0.2, 0) is 0 Å². The maximum atomic E-state index is 12.9. The number of Topliss-reactive ketones (excluding diaryl/α,β-unsaturated/α-hetero) is 1. The van der Waals surface area contributed by atoms with Crippen molar-refractivity contribution in [1.82, 2.24) is 9.80 Å². The second kappa shape index (κ2) is 6.67. The quantitative estimate of drug-likeness (QED) is 0.781. The molecule has 1 aliphatic carbocycles. The fourth-order valence-electron chi connectivity index (χ4n) is 4.08. The van der Waals surface area contributed by atoms with Crippen LogP contribution in [0.1, 0.15) is 59.2 Å². The van der Waals surface area contributed by atoms with Gasteiger partial charge in [-0.25, -0.2) is 0 Å². The molecule has 3 fully saturated rings. The molecule has 0 bridgehead atoms. The van der Waals surface area contributed by atoms with Crippen LogP contribution in [0, 0.1) is 5.92 Å². The minimum absolute atomic E-state index is 0.127. The van der Waals surface area contributed by atoms with E-state index in [2.05, 4.69) is 9.80 Å². The number of ketones is 1. The molecule has 24 heavy (non-hydrogen) atoms. The Morgan fingerprint density at radius 1 is 0.875 bits per heavy atom. The van der Waals surface area contributed by atoms with Gasteiger partial charge in [0.05, 0.1) is 0 Å². The van der Waals surface area contributed by atoms with E-state index in [1.54, 1.807) is 0 Å². The first-order chi connectivity index (χ1) is 11.7. The molecule has 0 aromatic heterocycles. The number of likely N-dealkylation sites (tertiary alicyclic amines) is 2. The number of carbonyl (C=O) groups is 2. The van der Waals surface area contributed by atoms with Crippen molar-refractivity contribution < 1.29 is 9.59 Å². The molecule has 1 amide bonds. The highest BCUT2D eigenvalue weighted by atomic mass is 16.2. The number of carbonyl (C=O) groups excluding carboxylic acids is 2. The van der Waals surface area contributed by atoms with E-state index in [4.69, 9.17) is 0 Å². The van der Waals surface area contributed by atoms with Gasteiger partial charge in [0.15, 0.2) is 5.78 Å². The molecule has 4 heteroatoms. The maximum Gasteiger partial charge on any atom is 0.254 e. The highest BCUT2D eigenvalue weighted by molar-refractivity contribution is 6.01. The van der Waals surface area contributed by atoms with Crippen LogP contribution in [0.15, 0.2) is 24.3 Å². The van der Waals surface area contributed by atoms with Crippen molar-refractivity contribution in [2.45, 2.75) is 44.6 Å². The second-order valence-electron chi connectivity index (χ2n) is 7.52. The molecule has 3 aliphatic rings. The Bertz CT molecular complexity index is 615. The number of nitrogens with zero attached hydrogens (tertiary/aromatic N) is 2. The van der Waals surface area contributed by atoms with E-state index in [0.717, 1.165) is 49.9 Å². The van der Waals surface area contributed by atoms with Crippen molar-refractivity contribution in [2.75, 3.05) is 26.2 Å². The summed E-state index contributed by atoms with van der Waals surface area (Å²) in [5.74, 6) is 0.596. The van der Waals surface area contributed by atoms with Gasteiger partial charge in [-0.1, -0.05) is 12.1 Å². The smallest absolute Gasteiger partial charge is 0.254 e. The number of hydrogen-bond acceptors (Lipinski definition) is 3. The molecule has 0 N–H and O–H groups in total. The zero-order valence-electron chi connectivity index (χ0n) is 14.2. The summed E-state index contributed by atoms with van der Waals surface area (Å²) in [6.07, 6.45) is 6.83. The molecular formula is C20H26N2O2. The Kier molecular flexibility index (Phi) is 4.40. The van der Waals surface area contributed by atoms with Gasteiger partial charge < -0.3 is 9.80 Å². The Balaban J connectivity index is 1.42. The van der Waals surface area contributed by atoms with Crippen LogP contribution in [0.3, 0.4) is 0 Å². The van der Waals surface area contributed by atoms with Gasteiger partial charge in [-0.2, -0.15) is 0 Å². The molecular weight excluding hydrogens is 300 g/mol. The van der Waals surface area contributed by atoms with E-state index in [1.807, 2.05) is 24.3 Å². The van der Waals surface area contributed by atoms with Crippen molar-refractivity contribution >= 4 is 11.7 Å². The van der Waals surface area contributed by atoms with E-state index in [0.29, 0.717) is 6.04 Å². The minimum Gasteiger partial charge on any atom is -0.334 e. The summed E-state index contributed by atoms with van der Waals surface area (Å²) < 4.78 is 0. The summed E-state index contributed by atoms with van der Waals surface area (Å²) in [6, 6.07) is 7.69. The molecule has 2 aliphatic heterocycles. The molecule has 2 heterocycles. The van der Waals surface area contributed by atoms with E-state index < -0.39 is 0 Å². The monoisotopic (exact) mass is 326 g/mol. The minimum atomic E-state index is 0.127. The van der Waals surface area contributed by atoms with Crippen LogP contribution >= 0.6 is 0 Å². The molecule has 128 valence electrons. The van der Waals surface area contributed by atoms with Crippen molar-refractivity contribution in [2.24, 2.45) is 5.92 Å². The third-order valence-corrected chi connectivity index (χ3v) is 5.67. The van der Waals surface area contributed by atoms with Crippen molar-refractivity contribution in [3.8, 4) is 0 Å². The van der Waals surface area contributed by atoms with Crippen LogP contribution in [0.2, 0.25) is 0 Å². The molecule has 4 nitrogen and oxygen atoms in total. The van der Waals surface area contributed by atoms with E-state index in [-0.39, 0.29) is 17.6 Å².